The van der Waals surface area contributed by atoms with Crippen LogP contribution in [0.25, 0.3) is 0 Å². The van der Waals surface area contributed by atoms with Gasteiger partial charge >= 0.3 is 5.97 Å². The first kappa shape index (κ1) is 14.3. The second-order valence-corrected chi connectivity index (χ2v) is 3.87. The highest BCUT2D eigenvalue weighted by Crippen LogP contribution is 2.13. The van der Waals surface area contributed by atoms with Crippen LogP contribution in [-0.4, -0.2) is 29.1 Å². The highest BCUT2D eigenvalue weighted by atomic mass is 19.1. The minimum absolute atomic E-state index is 0.123. The van der Waals surface area contributed by atoms with Gasteiger partial charge in [-0.05, 0) is 13.3 Å². The zero-order valence-corrected chi connectivity index (χ0v) is 10.9. The number of aromatic nitrogens is 2. The molecule has 0 bridgehead atoms. The molecule has 1 aromatic rings. The van der Waals surface area contributed by atoms with E-state index in [1.165, 1.54) is 6.33 Å². The van der Waals surface area contributed by atoms with E-state index in [4.69, 9.17) is 4.74 Å². The largest absolute Gasteiger partial charge is 0.466 e. The Hall–Kier alpha value is -1.72. The first-order valence-corrected chi connectivity index (χ1v) is 6.00. The van der Waals surface area contributed by atoms with Crippen LogP contribution in [0.2, 0.25) is 0 Å². The third kappa shape index (κ3) is 3.65. The Morgan fingerprint density at radius 2 is 2.22 bits per heavy atom. The fourth-order valence-corrected chi connectivity index (χ4v) is 1.39. The van der Waals surface area contributed by atoms with Gasteiger partial charge < -0.3 is 10.1 Å². The lowest BCUT2D eigenvalue weighted by atomic mass is 10.2. The minimum atomic E-state index is -0.462. The van der Waals surface area contributed by atoms with Crippen molar-refractivity contribution in [3.8, 4) is 0 Å². The maximum Gasteiger partial charge on any atom is 0.310 e. The molecule has 1 rings (SSSR count). The molecule has 0 spiro atoms. The maximum atomic E-state index is 13.8. The molecule has 0 aliphatic heterocycles. The molecule has 0 aliphatic rings. The molecule has 0 saturated carbocycles. The van der Waals surface area contributed by atoms with Crippen LogP contribution in [0.3, 0.4) is 0 Å². The Labute approximate surface area is 106 Å². The molecule has 1 aromatic heterocycles. The SMILES string of the molecule is CCOC(=O)C(C)CNc1ncnc(CC)c1F. The summed E-state index contributed by atoms with van der Waals surface area (Å²) in [4.78, 5) is 19.0. The number of anilines is 1. The molecule has 1 atom stereocenters. The summed E-state index contributed by atoms with van der Waals surface area (Å²) in [5.74, 6) is -1.01. The van der Waals surface area contributed by atoms with E-state index in [0.717, 1.165) is 0 Å². The van der Waals surface area contributed by atoms with Crippen LogP contribution in [0.15, 0.2) is 6.33 Å². The van der Waals surface area contributed by atoms with Gasteiger partial charge in [0.25, 0.3) is 0 Å². The van der Waals surface area contributed by atoms with E-state index in [0.29, 0.717) is 18.7 Å². The first-order valence-electron chi connectivity index (χ1n) is 6.00. The molecule has 1 N–H and O–H groups in total. The molecule has 6 heteroatoms. The lowest BCUT2D eigenvalue weighted by Crippen LogP contribution is -2.23. The van der Waals surface area contributed by atoms with Crippen LogP contribution >= 0.6 is 0 Å². The monoisotopic (exact) mass is 255 g/mol. The van der Waals surface area contributed by atoms with Crippen molar-refractivity contribution >= 4 is 11.8 Å². The number of carbonyl (C=O) groups is 1. The van der Waals surface area contributed by atoms with Crippen molar-refractivity contribution in [3.63, 3.8) is 0 Å². The predicted molar refractivity (Wildman–Crippen MR) is 65.7 cm³/mol. The van der Waals surface area contributed by atoms with Gasteiger partial charge in [-0.2, -0.15) is 0 Å². The Kier molecular flexibility index (Phi) is 5.48. The van der Waals surface area contributed by atoms with Crippen LogP contribution in [0.5, 0.6) is 0 Å². The number of nitrogens with one attached hydrogen (secondary N) is 1. The number of ether oxygens (including phenoxy) is 1. The van der Waals surface area contributed by atoms with Gasteiger partial charge in [0.2, 0.25) is 0 Å². The summed E-state index contributed by atoms with van der Waals surface area (Å²) in [5.41, 5.74) is 0.358. The molecule has 1 heterocycles. The topological polar surface area (TPSA) is 64.1 Å². The number of nitrogens with zero attached hydrogens (tertiary/aromatic N) is 2. The van der Waals surface area contributed by atoms with Gasteiger partial charge in [0, 0.05) is 6.54 Å². The number of aryl methyl sites for hydroxylation is 1. The van der Waals surface area contributed by atoms with Gasteiger partial charge in [-0.15, -0.1) is 0 Å². The highest BCUT2D eigenvalue weighted by Gasteiger charge is 2.15. The summed E-state index contributed by atoms with van der Waals surface area (Å²) in [6.07, 6.45) is 1.80. The third-order valence-electron chi connectivity index (χ3n) is 2.46. The number of esters is 1. The zero-order valence-electron chi connectivity index (χ0n) is 10.9. The Bertz CT molecular complexity index is 412. The van der Waals surface area contributed by atoms with Gasteiger partial charge in [0.1, 0.15) is 6.33 Å². The summed E-state index contributed by atoms with van der Waals surface area (Å²) < 4.78 is 18.6. The van der Waals surface area contributed by atoms with Crippen LogP contribution in [0.1, 0.15) is 26.5 Å². The standard InChI is InChI=1S/C12H18FN3O2/c1-4-9-10(13)11(16-7-15-9)14-6-8(3)12(17)18-5-2/h7-8H,4-6H2,1-3H3,(H,14,15,16). The summed E-state index contributed by atoms with van der Waals surface area (Å²) >= 11 is 0. The number of hydrogen-bond donors (Lipinski definition) is 1. The van der Waals surface area contributed by atoms with Crippen LogP contribution in [-0.2, 0) is 16.0 Å². The van der Waals surface area contributed by atoms with E-state index in [2.05, 4.69) is 15.3 Å². The second-order valence-electron chi connectivity index (χ2n) is 3.87. The maximum absolute atomic E-state index is 13.8. The molecular formula is C12H18FN3O2. The normalized spacial score (nSPS) is 12.0. The predicted octanol–water partition coefficient (Wildman–Crippen LogP) is 1.79. The molecule has 0 aromatic carbocycles. The van der Waals surface area contributed by atoms with E-state index >= 15 is 0 Å². The lowest BCUT2D eigenvalue weighted by Gasteiger charge is -2.12. The summed E-state index contributed by atoms with van der Waals surface area (Å²) in [7, 11) is 0. The van der Waals surface area contributed by atoms with Crippen LogP contribution in [0.4, 0.5) is 10.2 Å². The Morgan fingerprint density at radius 3 is 2.83 bits per heavy atom. The van der Waals surface area contributed by atoms with Crippen LogP contribution in [0, 0.1) is 11.7 Å². The fourth-order valence-electron chi connectivity index (χ4n) is 1.39. The van der Waals surface area contributed by atoms with Crippen molar-refractivity contribution in [2.45, 2.75) is 27.2 Å². The van der Waals surface area contributed by atoms with Gasteiger partial charge in [-0.25, -0.2) is 14.4 Å². The van der Waals surface area contributed by atoms with Gasteiger partial charge in [0.05, 0.1) is 18.2 Å². The van der Waals surface area contributed by atoms with Crippen LogP contribution < -0.4 is 5.32 Å². The smallest absolute Gasteiger partial charge is 0.310 e. The molecule has 100 valence electrons. The average Bonchev–Trinajstić information content (AvgIpc) is 2.37. The van der Waals surface area contributed by atoms with E-state index < -0.39 is 5.82 Å². The molecule has 5 nitrogen and oxygen atoms in total. The number of halogens is 1. The molecule has 1 unspecified atom stereocenters. The van der Waals surface area contributed by atoms with Crippen molar-refractivity contribution in [3.05, 3.63) is 17.8 Å². The van der Waals surface area contributed by atoms with Crippen molar-refractivity contribution in [1.82, 2.24) is 9.97 Å². The van der Waals surface area contributed by atoms with Gasteiger partial charge in [-0.1, -0.05) is 13.8 Å². The first-order chi connectivity index (χ1) is 8.60. The average molecular weight is 255 g/mol. The summed E-state index contributed by atoms with van der Waals surface area (Å²) in [5, 5.41) is 2.80. The Balaban J connectivity index is 2.61. The molecule has 0 saturated heterocycles. The summed E-state index contributed by atoms with van der Waals surface area (Å²) in [6.45, 7) is 5.89. The van der Waals surface area contributed by atoms with E-state index in [1.807, 2.05) is 6.92 Å². The minimum Gasteiger partial charge on any atom is -0.466 e. The molecule has 18 heavy (non-hydrogen) atoms. The zero-order chi connectivity index (χ0) is 13.5. The Morgan fingerprint density at radius 1 is 1.50 bits per heavy atom. The molecule has 0 radical (unpaired) electrons. The van der Waals surface area contributed by atoms with Gasteiger partial charge in [-0.3, -0.25) is 4.79 Å². The van der Waals surface area contributed by atoms with Crippen molar-refractivity contribution in [1.29, 1.82) is 0 Å². The molecule has 0 fully saturated rings. The highest BCUT2D eigenvalue weighted by molar-refractivity contribution is 5.72. The van der Waals surface area contributed by atoms with Crippen molar-refractivity contribution in [2.75, 3.05) is 18.5 Å². The van der Waals surface area contributed by atoms with E-state index in [-0.39, 0.29) is 24.2 Å². The van der Waals surface area contributed by atoms with Crippen molar-refractivity contribution < 1.29 is 13.9 Å². The van der Waals surface area contributed by atoms with E-state index in [1.54, 1.807) is 13.8 Å². The number of hydrogen-bond acceptors (Lipinski definition) is 5. The fraction of sp³-hybridized carbons (Fsp3) is 0.583. The molecule has 0 aliphatic carbocycles. The quantitative estimate of drug-likeness (QED) is 0.785. The number of carbonyl (C=O) groups excluding carboxylic acids is 1. The number of rotatable bonds is 6. The van der Waals surface area contributed by atoms with E-state index in [9.17, 15) is 9.18 Å². The summed E-state index contributed by atoms with van der Waals surface area (Å²) in [6, 6.07) is 0. The third-order valence-corrected chi connectivity index (χ3v) is 2.46. The lowest BCUT2D eigenvalue weighted by molar-refractivity contribution is -0.146. The van der Waals surface area contributed by atoms with Crippen molar-refractivity contribution in [2.24, 2.45) is 5.92 Å². The molecule has 0 amide bonds. The second kappa shape index (κ2) is 6.88. The molecular weight excluding hydrogens is 237 g/mol. The van der Waals surface area contributed by atoms with Gasteiger partial charge in [0.15, 0.2) is 11.6 Å².